The summed E-state index contributed by atoms with van der Waals surface area (Å²) in [5, 5.41) is 7.88. The Labute approximate surface area is 201 Å². The maximum absolute atomic E-state index is 11.6. The molecule has 0 spiro atoms. The highest BCUT2D eigenvalue weighted by atomic mass is 32.1. The van der Waals surface area contributed by atoms with Gasteiger partial charge in [-0.2, -0.15) is 0 Å². The van der Waals surface area contributed by atoms with Crippen molar-refractivity contribution >= 4 is 59.0 Å². The Morgan fingerprint density at radius 1 is 0.794 bits per heavy atom. The summed E-state index contributed by atoms with van der Waals surface area (Å²) < 4.78 is 7.99. The fourth-order valence-corrected chi connectivity index (χ4v) is 6.12. The fraction of sp³-hybridized carbons (Fsp3) is 0.0645. The van der Waals surface area contributed by atoms with Crippen LogP contribution >= 0.6 is 11.3 Å². The van der Waals surface area contributed by atoms with E-state index in [0.29, 0.717) is 5.75 Å². The molecule has 0 fully saturated rings. The number of carbonyl (C=O) groups is 1. The smallest absolute Gasteiger partial charge is 0.335 e. The summed E-state index contributed by atoms with van der Waals surface area (Å²) in [4.78, 5) is 11.6. The molecule has 0 aliphatic heterocycles. The van der Waals surface area contributed by atoms with Crippen LogP contribution in [0.5, 0.6) is 5.75 Å². The first kappa shape index (κ1) is 20.6. The predicted molar refractivity (Wildman–Crippen MR) is 144 cm³/mol. The van der Waals surface area contributed by atoms with Crippen molar-refractivity contribution in [1.29, 1.82) is 0 Å². The Kier molecular flexibility index (Phi) is 5.12. The number of rotatable bonds is 5. The van der Waals surface area contributed by atoms with E-state index in [9.17, 15) is 4.79 Å². The van der Waals surface area contributed by atoms with Crippen molar-refractivity contribution in [2.24, 2.45) is 0 Å². The molecule has 5 aromatic carbocycles. The molecule has 1 heterocycles. The van der Waals surface area contributed by atoms with Gasteiger partial charge in [0.15, 0.2) is 0 Å². The van der Waals surface area contributed by atoms with Crippen molar-refractivity contribution in [3.63, 3.8) is 0 Å². The van der Waals surface area contributed by atoms with E-state index >= 15 is 0 Å². The molecule has 1 aromatic heterocycles. The highest BCUT2D eigenvalue weighted by Gasteiger charge is 2.15. The van der Waals surface area contributed by atoms with Crippen molar-refractivity contribution in [2.75, 3.05) is 0 Å². The quantitative estimate of drug-likeness (QED) is 0.148. The maximum Gasteiger partial charge on any atom is 0.335 e. The molecule has 0 aliphatic rings. The molecule has 0 N–H and O–H groups in total. The minimum atomic E-state index is -0.439. The molecule has 3 heteroatoms. The van der Waals surface area contributed by atoms with Crippen molar-refractivity contribution in [3.8, 4) is 5.75 Å². The lowest BCUT2D eigenvalue weighted by molar-refractivity contribution is -0.128. The summed E-state index contributed by atoms with van der Waals surface area (Å²) in [5.74, 6) is 0.116. The second kappa shape index (κ2) is 8.44. The zero-order valence-corrected chi connectivity index (χ0v) is 19.4. The average Bonchev–Trinajstić information content (AvgIpc) is 3.28. The van der Waals surface area contributed by atoms with Crippen LogP contribution in [-0.4, -0.2) is 5.97 Å². The van der Waals surface area contributed by atoms with Gasteiger partial charge in [-0.05, 0) is 69.8 Å². The van der Waals surface area contributed by atoms with Crippen LogP contribution in [0.25, 0.3) is 41.7 Å². The molecule has 6 rings (SSSR count). The molecule has 34 heavy (non-hydrogen) atoms. The largest absolute Gasteiger partial charge is 0.423 e. The van der Waals surface area contributed by atoms with Gasteiger partial charge in [-0.1, -0.05) is 73.3 Å². The summed E-state index contributed by atoms with van der Waals surface area (Å²) in [5.41, 5.74) is 2.50. The van der Waals surface area contributed by atoms with E-state index in [0.717, 1.165) is 18.4 Å². The third-order valence-electron chi connectivity index (χ3n) is 6.40. The number of aryl methyl sites for hydroxylation is 2. The summed E-state index contributed by atoms with van der Waals surface area (Å²) in [6, 6.07) is 32.0. The average molecular weight is 459 g/mol. The Balaban J connectivity index is 1.49. The number of ether oxygens (including phenoxy) is 1. The second-order valence-electron chi connectivity index (χ2n) is 8.50. The molecule has 0 saturated carbocycles. The first-order valence-electron chi connectivity index (χ1n) is 11.4. The van der Waals surface area contributed by atoms with Gasteiger partial charge < -0.3 is 4.74 Å². The highest BCUT2D eigenvalue weighted by Crippen LogP contribution is 2.43. The van der Waals surface area contributed by atoms with E-state index in [1.165, 1.54) is 53.4 Å². The molecule has 0 atom stereocenters. The lowest BCUT2D eigenvalue weighted by atomic mass is 9.95. The lowest BCUT2D eigenvalue weighted by Gasteiger charge is -2.09. The minimum Gasteiger partial charge on any atom is -0.423 e. The maximum atomic E-state index is 11.6. The third kappa shape index (κ3) is 3.55. The van der Waals surface area contributed by atoms with Crippen LogP contribution in [0.2, 0.25) is 0 Å². The topological polar surface area (TPSA) is 26.3 Å². The van der Waals surface area contributed by atoms with Gasteiger partial charge in [0.2, 0.25) is 0 Å². The van der Waals surface area contributed by atoms with Gasteiger partial charge in [0.05, 0.1) is 0 Å². The fourth-order valence-electron chi connectivity index (χ4n) is 4.84. The summed E-state index contributed by atoms with van der Waals surface area (Å²) in [6.07, 6.45) is 2.95. The van der Waals surface area contributed by atoms with Crippen LogP contribution in [-0.2, 0) is 17.6 Å². The highest BCUT2D eigenvalue weighted by molar-refractivity contribution is 7.26. The molecule has 2 nitrogen and oxygen atoms in total. The minimum absolute atomic E-state index is 0.439. The molecule has 0 unspecified atom stereocenters. The molecule has 0 saturated heterocycles. The summed E-state index contributed by atoms with van der Waals surface area (Å²) in [7, 11) is 0. The number of carbonyl (C=O) groups excluding carboxylic acids is 1. The number of esters is 1. The molecule has 0 amide bonds. The number of fused-ring (bicyclic) bond motifs is 7. The predicted octanol–water partition coefficient (Wildman–Crippen LogP) is 8.24. The van der Waals surface area contributed by atoms with Gasteiger partial charge in [0.1, 0.15) is 5.75 Å². The number of hydrogen-bond donors (Lipinski definition) is 0. The van der Waals surface area contributed by atoms with Crippen LogP contribution < -0.4 is 4.74 Å². The molecule has 0 radical (unpaired) electrons. The summed E-state index contributed by atoms with van der Waals surface area (Å²) in [6.45, 7) is 3.47. The third-order valence-corrected chi connectivity index (χ3v) is 7.63. The molecular formula is C31H22O2S. The number of benzene rings is 5. The standard InChI is InChI=1S/C31H22O2S/c1-2-28(32)33-24-11-7-8-20(18-24)14-15-23-19-22-10-4-6-13-26(22)30-29-25-12-5-3-9-21(25)16-17-27(29)34-31(23)30/h2-13,16-19H,1,14-15H2. The normalized spacial score (nSPS) is 11.4. The van der Waals surface area contributed by atoms with Crippen LogP contribution in [0.3, 0.4) is 0 Å². The van der Waals surface area contributed by atoms with Gasteiger partial charge in [0.25, 0.3) is 0 Å². The Bertz CT molecular complexity index is 1720. The van der Waals surface area contributed by atoms with Crippen molar-refractivity contribution < 1.29 is 9.53 Å². The van der Waals surface area contributed by atoms with Gasteiger partial charge >= 0.3 is 5.97 Å². The van der Waals surface area contributed by atoms with Gasteiger partial charge in [-0.25, -0.2) is 4.79 Å². The second-order valence-corrected chi connectivity index (χ2v) is 9.55. The summed E-state index contributed by atoms with van der Waals surface area (Å²) >= 11 is 1.89. The number of hydrogen-bond acceptors (Lipinski definition) is 3. The lowest BCUT2D eigenvalue weighted by Crippen LogP contribution is -2.03. The monoisotopic (exact) mass is 458 g/mol. The van der Waals surface area contributed by atoms with Crippen LogP contribution in [0.1, 0.15) is 11.1 Å². The van der Waals surface area contributed by atoms with E-state index in [4.69, 9.17) is 4.74 Å². The van der Waals surface area contributed by atoms with Crippen molar-refractivity contribution in [2.45, 2.75) is 12.8 Å². The van der Waals surface area contributed by atoms with E-state index in [-0.39, 0.29) is 0 Å². The zero-order valence-electron chi connectivity index (χ0n) is 18.6. The molecular weight excluding hydrogens is 436 g/mol. The Morgan fingerprint density at radius 2 is 1.56 bits per heavy atom. The first-order chi connectivity index (χ1) is 16.7. The van der Waals surface area contributed by atoms with Crippen LogP contribution in [0.4, 0.5) is 0 Å². The van der Waals surface area contributed by atoms with E-state index in [1.807, 2.05) is 23.5 Å². The molecule has 0 aliphatic carbocycles. The number of thiophene rings is 1. The molecule has 164 valence electrons. The molecule has 6 aromatic rings. The molecule has 0 bridgehead atoms. The van der Waals surface area contributed by atoms with Gasteiger partial charge in [-0.15, -0.1) is 11.3 Å². The van der Waals surface area contributed by atoms with Gasteiger partial charge in [-0.3, -0.25) is 0 Å². The van der Waals surface area contributed by atoms with Crippen LogP contribution in [0, 0.1) is 0 Å². The van der Waals surface area contributed by atoms with Crippen molar-refractivity contribution in [3.05, 3.63) is 115 Å². The van der Waals surface area contributed by atoms with E-state index < -0.39 is 5.97 Å². The van der Waals surface area contributed by atoms with Crippen LogP contribution in [0.15, 0.2) is 104 Å². The van der Waals surface area contributed by atoms with Crippen molar-refractivity contribution in [1.82, 2.24) is 0 Å². The Morgan fingerprint density at radius 3 is 2.38 bits per heavy atom. The first-order valence-corrected chi connectivity index (χ1v) is 12.2. The SMILES string of the molecule is C=CC(=O)Oc1cccc(CCc2cc3ccccc3c3c2sc2ccc4ccccc4c23)c1. The zero-order chi connectivity index (χ0) is 23.1. The van der Waals surface area contributed by atoms with E-state index in [1.54, 1.807) is 6.07 Å². The van der Waals surface area contributed by atoms with Gasteiger partial charge in [0, 0.05) is 26.2 Å². The van der Waals surface area contributed by atoms with E-state index in [2.05, 4.69) is 79.4 Å². The Hall–Kier alpha value is -3.95.